The minimum absolute atomic E-state index is 0.0727. The predicted octanol–water partition coefficient (Wildman–Crippen LogP) is 1.24. The molecule has 0 aliphatic heterocycles. The molecule has 0 aliphatic carbocycles. The summed E-state index contributed by atoms with van der Waals surface area (Å²) in [6, 6.07) is 1.55. The van der Waals surface area contributed by atoms with Crippen molar-refractivity contribution >= 4 is 17.4 Å². The first-order valence-corrected chi connectivity index (χ1v) is 6.35. The van der Waals surface area contributed by atoms with E-state index in [0.717, 1.165) is 0 Å². The SMILES string of the molecule is CCOCC(Nc1cnc(N)cc1C(N)=O)C(C)C. The fraction of sp³-hybridized carbons (Fsp3) is 0.538. The van der Waals surface area contributed by atoms with Crippen molar-refractivity contribution in [2.24, 2.45) is 11.7 Å². The number of nitrogens with two attached hydrogens (primary N) is 2. The van der Waals surface area contributed by atoms with E-state index in [4.69, 9.17) is 16.2 Å². The van der Waals surface area contributed by atoms with E-state index in [9.17, 15) is 4.79 Å². The normalized spacial score (nSPS) is 12.4. The average molecular weight is 266 g/mol. The third kappa shape index (κ3) is 4.40. The molecule has 0 aromatic carbocycles. The maximum atomic E-state index is 11.4. The summed E-state index contributed by atoms with van der Waals surface area (Å²) in [6.07, 6.45) is 1.52. The number of amides is 1. The van der Waals surface area contributed by atoms with Crippen LogP contribution in [0.25, 0.3) is 0 Å². The first-order valence-electron chi connectivity index (χ1n) is 6.35. The number of nitrogen functional groups attached to an aromatic ring is 1. The van der Waals surface area contributed by atoms with Gasteiger partial charge in [0.15, 0.2) is 0 Å². The average Bonchev–Trinajstić information content (AvgIpc) is 2.35. The zero-order chi connectivity index (χ0) is 14.4. The Bertz CT molecular complexity index is 435. The molecule has 1 amide bonds. The Labute approximate surface area is 113 Å². The molecule has 5 N–H and O–H groups in total. The lowest BCUT2D eigenvalue weighted by atomic mass is 10.0. The number of rotatable bonds is 7. The number of nitrogens with zero attached hydrogens (tertiary/aromatic N) is 1. The fourth-order valence-corrected chi connectivity index (χ4v) is 1.64. The number of carbonyl (C=O) groups is 1. The molecule has 6 nitrogen and oxygen atoms in total. The molecular weight excluding hydrogens is 244 g/mol. The number of hydrogen-bond acceptors (Lipinski definition) is 5. The third-order valence-corrected chi connectivity index (χ3v) is 2.84. The zero-order valence-corrected chi connectivity index (χ0v) is 11.6. The van der Waals surface area contributed by atoms with Gasteiger partial charge in [-0.05, 0) is 18.9 Å². The van der Waals surface area contributed by atoms with E-state index >= 15 is 0 Å². The van der Waals surface area contributed by atoms with E-state index < -0.39 is 5.91 Å². The molecule has 19 heavy (non-hydrogen) atoms. The summed E-state index contributed by atoms with van der Waals surface area (Å²) in [7, 11) is 0. The maximum absolute atomic E-state index is 11.4. The highest BCUT2D eigenvalue weighted by atomic mass is 16.5. The second-order valence-electron chi connectivity index (χ2n) is 4.67. The van der Waals surface area contributed by atoms with Crippen LogP contribution >= 0.6 is 0 Å². The Balaban J connectivity index is 2.92. The molecule has 0 saturated heterocycles. The Morgan fingerprint density at radius 2 is 2.21 bits per heavy atom. The summed E-state index contributed by atoms with van der Waals surface area (Å²) in [5.41, 5.74) is 11.8. The zero-order valence-electron chi connectivity index (χ0n) is 11.6. The number of nitrogens with one attached hydrogen (secondary N) is 1. The Morgan fingerprint density at radius 3 is 2.74 bits per heavy atom. The van der Waals surface area contributed by atoms with Crippen LogP contribution in [-0.2, 0) is 4.74 Å². The number of anilines is 2. The summed E-state index contributed by atoms with van der Waals surface area (Å²) in [5.74, 6) is 0.0746. The van der Waals surface area contributed by atoms with Crippen molar-refractivity contribution in [3.63, 3.8) is 0 Å². The van der Waals surface area contributed by atoms with Gasteiger partial charge in [0.05, 0.1) is 30.1 Å². The summed E-state index contributed by atoms with van der Waals surface area (Å²) < 4.78 is 5.43. The summed E-state index contributed by atoms with van der Waals surface area (Å²) in [4.78, 5) is 15.4. The number of primary amides is 1. The minimum atomic E-state index is -0.532. The van der Waals surface area contributed by atoms with Gasteiger partial charge in [0.2, 0.25) is 0 Å². The molecule has 1 heterocycles. The van der Waals surface area contributed by atoms with Crippen LogP contribution in [0, 0.1) is 5.92 Å². The number of pyridine rings is 1. The second kappa shape index (κ2) is 6.94. The Kier molecular flexibility index (Phi) is 5.57. The van der Waals surface area contributed by atoms with Gasteiger partial charge in [0.25, 0.3) is 5.91 Å². The van der Waals surface area contributed by atoms with Crippen LogP contribution in [-0.4, -0.2) is 30.1 Å². The molecular formula is C13H22N4O2. The topological polar surface area (TPSA) is 103 Å². The van der Waals surface area contributed by atoms with E-state index in [1.54, 1.807) is 0 Å². The molecule has 6 heteroatoms. The third-order valence-electron chi connectivity index (χ3n) is 2.84. The molecule has 0 fully saturated rings. The lowest BCUT2D eigenvalue weighted by Gasteiger charge is -2.24. The van der Waals surface area contributed by atoms with Crippen LogP contribution in [0.3, 0.4) is 0 Å². The largest absolute Gasteiger partial charge is 0.384 e. The molecule has 0 bridgehead atoms. The highest BCUT2D eigenvalue weighted by Crippen LogP contribution is 2.19. The minimum Gasteiger partial charge on any atom is -0.384 e. The van der Waals surface area contributed by atoms with E-state index in [0.29, 0.717) is 30.4 Å². The Morgan fingerprint density at radius 1 is 1.53 bits per heavy atom. The molecule has 1 rings (SSSR count). The highest BCUT2D eigenvalue weighted by Gasteiger charge is 2.17. The first-order chi connectivity index (χ1) is 8.95. The molecule has 0 spiro atoms. The molecule has 1 unspecified atom stereocenters. The van der Waals surface area contributed by atoms with Crippen LogP contribution in [0.2, 0.25) is 0 Å². The van der Waals surface area contributed by atoms with Crippen molar-refractivity contribution in [2.75, 3.05) is 24.3 Å². The van der Waals surface area contributed by atoms with Gasteiger partial charge in [-0.1, -0.05) is 13.8 Å². The van der Waals surface area contributed by atoms with Crippen molar-refractivity contribution in [3.8, 4) is 0 Å². The molecule has 1 aromatic rings. The number of aromatic nitrogens is 1. The summed E-state index contributed by atoms with van der Waals surface area (Å²) >= 11 is 0. The van der Waals surface area contributed by atoms with Crippen molar-refractivity contribution < 1.29 is 9.53 Å². The quantitative estimate of drug-likeness (QED) is 0.689. The number of carbonyl (C=O) groups excluding carboxylic acids is 1. The molecule has 1 atom stereocenters. The van der Waals surface area contributed by atoms with E-state index in [1.165, 1.54) is 12.3 Å². The van der Waals surface area contributed by atoms with Gasteiger partial charge in [-0.15, -0.1) is 0 Å². The van der Waals surface area contributed by atoms with Gasteiger partial charge in [0.1, 0.15) is 5.82 Å². The summed E-state index contributed by atoms with van der Waals surface area (Å²) in [5, 5.41) is 3.25. The molecule has 0 radical (unpaired) electrons. The monoisotopic (exact) mass is 266 g/mol. The van der Waals surface area contributed by atoms with Crippen LogP contribution in [0.5, 0.6) is 0 Å². The van der Waals surface area contributed by atoms with Crippen LogP contribution in [0.4, 0.5) is 11.5 Å². The molecule has 0 aliphatic rings. The van der Waals surface area contributed by atoms with Gasteiger partial charge < -0.3 is 21.5 Å². The smallest absolute Gasteiger partial charge is 0.250 e. The predicted molar refractivity (Wildman–Crippen MR) is 75.9 cm³/mol. The standard InChI is InChI=1S/C13H22N4O2/c1-4-19-7-11(8(2)3)17-10-6-16-12(14)5-9(10)13(15)18/h5-6,8,11,17H,4,7H2,1-3H3,(H2,14,16)(H2,15,18). The van der Waals surface area contributed by atoms with Gasteiger partial charge in [0, 0.05) is 6.61 Å². The van der Waals surface area contributed by atoms with Crippen molar-refractivity contribution in [1.82, 2.24) is 4.98 Å². The molecule has 106 valence electrons. The van der Waals surface area contributed by atoms with Gasteiger partial charge in [-0.3, -0.25) is 4.79 Å². The van der Waals surface area contributed by atoms with Gasteiger partial charge >= 0.3 is 0 Å². The Hall–Kier alpha value is -1.82. The highest BCUT2D eigenvalue weighted by molar-refractivity contribution is 5.99. The fourth-order valence-electron chi connectivity index (χ4n) is 1.64. The molecule has 0 saturated carbocycles. The van der Waals surface area contributed by atoms with Crippen molar-refractivity contribution in [2.45, 2.75) is 26.8 Å². The number of hydrogen-bond donors (Lipinski definition) is 3. The lowest BCUT2D eigenvalue weighted by molar-refractivity contribution is 0.1000. The van der Waals surface area contributed by atoms with E-state index in [2.05, 4.69) is 24.1 Å². The van der Waals surface area contributed by atoms with E-state index in [1.807, 2.05) is 6.92 Å². The second-order valence-corrected chi connectivity index (χ2v) is 4.67. The van der Waals surface area contributed by atoms with Gasteiger partial charge in [-0.25, -0.2) is 4.98 Å². The molecule has 1 aromatic heterocycles. The maximum Gasteiger partial charge on any atom is 0.250 e. The van der Waals surface area contributed by atoms with Crippen molar-refractivity contribution in [1.29, 1.82) is 0 Å². The first kappa shape index (κ1) is 15.2. The summed E-state index contributed by atoms with van der Waals surface area (Å²) in [6.45, 7) is 7.29. The number of ether oxygens (including phenoxy) is 1. The van der Waals surface area contributed by atoms with Gasteiger partial charge in [-0.2, -0.15) is 0 Å². The lowest BCUT2D eigenvalue weighted by Crippen LogP contribution is -2.32. The van der Waals surface area contributed by atoms with Crippen molar-refractivity contribution in [3.05, 3.63) is 17.8 Å². The van der Waals surface area contributed by atoms with Crippen LogP contribution in [0.15, 0.2) is 12.3 Å². The van der Waals surface area contributed by atoms with Crippen LogP contribution in [0.1, 0.15) is 31.1 Å². The van der Waals surface area contributed by atoms with Crippen LogP contribution < -0.4 is 16.8 Å². The van der Waals surface area contributed by atoms with E-state index in [-0.39, 0.29) is 11.9 Å².